The van der Waals surface area contributed by atoms with Crippen molar-refractivity contribution < 1.29 is 48.3 Å². The Labute approximate surface area is 325 Å². The fourth-order valence-corrected chi connectivity index (χ4v) is 8.94. The molecular formula is C42H61N3O10. The molecule has 1 aromatic carbocycles. The molecule has 0 radical (unpaired) electrons. The number of esters is 1. The van der Waals surface area contributed by atoms with E-state index in [1.807, 2.05) is 89.2 Å². The van der Waals surface area contributed by atoms with Crippen molar-refractivity contribution in [3.63, 3.8) is 0 Å². The van der Waals surface area contributed by atoms with Crippen LogP contribution < -0.4 is 5.32 Å². The number of aliphatic hydroxyl groups excluding tert-OH is 1. The lowest BCUT2D eigenvalue weighted by Crippen LogP contribution is -2.65. The number of carbonyl (C=O) groups excluding carboxylic acids is 3. The fraction of sp³-hybridized carbons (Fsp3) is 0.667. The summed E-state index contributed by atoms with van der Waals surface area (Å²) in [6.07, 6.45) is 0.304. The Morgan fingerprint density at radius 3 is 2.47 bits per heavy atom. The number of alkyl carbamates (subject to hydrolysis) is 1. The standard InChI is InChI=1S/C42H61N3O10/c1-11-32-42(8,50)37-25(4)33(44-40(49)55-37)23(2)21-41(7,51-18-14-15-28-20-29-16-12-13-17-30(29)43-22-28)36(26(5)34(46)27(6)38(48)53-32)54-39-35(47)31(45(9)10)19-24(3)52-39/h12-17,20,22-27,31-33,35-37,39,47,50H,11,18-19,21H2,1-10H3,(H,44,49)/b15-14+/t23-,24-,25-,26+,27-,31+,32+,33+,35-,36-,37-,39+,41+,42-/m1/s1. The lowest BCUT2D eigenvalue weighted by molar-refractivity contribution is -0.297. The van der Waals surface area contributed by atoms with E-state index in [1.54, 1.807) is 20.0 Å². The van der Waals surface area contributed by atoms with E-state index in [1.165, 1.54) is 13.8 Å². The van der Waals surface area contributed by atoms with Crippen LogP contribution in [0.2, 0.25) is 0 Å². The lowest BCUT2D eigenvalue weighted by atomic mass is 9.72. The highest BCUT2D eigenvalue weighted by molar-refractivity contribution is 6.00. The Kier molecular flexibility index (Phi) is 13.5. The Bertz CT molecular complexity index is 1700. The van der Waals surface area contributed by atoms with Gasteiger partial charge in [0, 0.05) is 35.5 Å². The van der Waals surface area contributed by atoms with Gasteiger partial charge < -0.3 is 44.1 Å². The number of benzene rings is 1. The molecular weight excluding hydrogens is 706 g/mol. The molecule has 1 amide bonds. The van der Waals surface area contributed by atoms with Crippen molar-refractivity contribution in [1.82, 2.24) is 15.2 Å². The van der Waals surface area contributed by atoms with Crippen molar-refractivity contribution in [2.24, 2.45) is 23.7 Å². The van der Waals surface area contributed by atoms with Gasteiger partial charge >= 0.3 is 12.1 Å². The smallest absolute Gasteiger partial charge is 0.407 e. The number of likely N-dealkylation sites (N-methyl/N-ethyl adjacent to an activating group) is 1. The summed E-state index contributed by atoms with van der Waals surface area (Å²) in [6.45, 7) is 14.2. The summed E-state index contributed by atoms with van der Waals surface area (Å²) in [5.41, 5.74) is -1.27. The third-order valence-corrected chi connectivity index (χ3v) is 12.0. The summed E-state index contributed by atoms with van der Waals surface area (Å²) in [5.74, 6) is -4.24. The van der Waals surface area contributed by atoms with Gasteiger partial charge in [-0.1, -0.05) is 58.0 Å². The van der Waals surface area contributed by atoms with Crippen LogP contribution in [0.4, 0.5) is 4.79 Å². The van der Waals surface area contributed by atoms with E-state index in [0.717, 1.165) is 16.5 Å². The molecule has 0 aliphatic carbocycles. The number of Topliss-reactive ketones (excluding diaryl/α,β-unsaturated/α-hetero) is 1. The Hall–Kier alpha value is -3.46. The first-order valence-corrected chi connectivity index (χ1v) is 19.6. The highest BCUT2D eigenvalue weighted by Gasteiger charge is 2.55. The summed E-state index contributed by atoms with van der Waals surface area (Å²) < 4.78 is 31.4. The van der Waals surface area contributed by atoms with Gasteiger partial charge in [0.1, 0.15) is 29.8 Å². The van der Waals surface area contributed by atoms with Crippen LogP contribution in [0.3, 0.4) is 0 Å². The molecule has 13 nitrogen and oxygen atoms in total. The molecule has 304 valence electrons. The molecule has 0 saturated carbocycles. The van der Waals surface area contributed by atoms with Crippen molar-refractivity contribution >= 4 is 34.8 Å². The average molecular weight is 768 g/mol. The number of pyridine rings is 1. The summed E-state index contributed by atoms with van der Waals surface area (Å²) in [5, 5.41) is 27.5. The average Bonchev–Trinajstić information content (AvgIpc) is 3.14. The zero-order valence-corrected chi connectivity index (χ0v) is 33.9. The van der Waals surface area contributed by atoms with Gasteiger partial charge in [0.25, 0.3) is 0 Å². The van der Waals surface area contributed by atoms with Gasteiger partial charge in [-0.25, -0.2) is 4.79 Å². The second kappa shape index (κ2) is 17.4. The molecule has 4 heterocycles. The van der Waals surface area contributed by atoms with E-state index in [2.05, 4.69) is 10.3 Å². The number of rotatable bonds is 8. The van der Waals surface area contributed by atoms with E-state index in [4.69, 9.17) is 23.7 Å². The number of ketones is 1. The number of fused-ring (bicyclic) bond motifs is 3. The Morgan fingerprint density at radius 1 is 1.07 bits per heavy atom. The predicted molar refractivity (Wildman–Crippen MR) is 207 cm³/mol. The molecule has 3 aliphatic rings. The van der Waals surface area contributed by atoms with E-state index >= 15 is 0 Å². The van der Waals surface area contributed by atoms with Gasteiger partial charge in [0.2, 0.25) is 0 Å². The molecule has 14 atom stereocenters. The van der Waals surface area contributed by atoms with E-state index in [9.17, 15) is 24.6 Å². The van der Waals surface area contributed by atoms with Crippen LogP contribution in [-0.2, 0) is 33.3 Å². The zero-order valence-electron chi connectivity index (χ0n) is 33.9. The molecule has 3 saturated heterocycles. The third-order valence-electron chi connectivity index (χ3n) is 12.0. The molecule has 3 N–H and O–H groups in total. The highest BCUT2D eigenvalue weighted by Crippen LogP contribution is 2.41. The second-order valence-electron chi connectivity index (χ2n) is 16.6. The van der Waals surface area contributed by atoms with Gasteiger partial charge in [-0.2, -0.15) is 0 Å². The van der Waals surface area contributed by atoms with Gasteiger partial charge in [-0.15, -0.1) is 0 Å². The van der Waals surface area contributed by atoms with Crippen LogP contribution >= 0.6 is 0 Å². The van der Waals surface area contributed by atoms with Crippen LogP contribution in [0.1, 0.15) is 80.2 Å². The first kappa shape index (κ1) is 42.7. The third kappa shape index (κ3) is 9.24. The number of ether oxygens (including phenoxy) is 5. The lowest BCUT2D eigenvalue weighted by Gasteiger charge is -2.50. The maximum Gasteiger partial charge on any atom is 0.407 e. The van der Waals surface area contributed by atoms with Crippen molar-refractivity contribution in [3.05, 3.63) is 48.2 Å². The van der Waals surface area contributed by atoms with Crippen molar-refractivity contribution in [1.29, 1.82) is 0 Å². The molecule has 0 spiro atoms. The van der Waals surface area contributed by atoms with Crippen molar-refractivity contribution in [2.45, 2.75) is 135 Å². The number of nitrogens with zero attached hydrogens (tertiary/aromatic N) is 2. The van der Waals surface area contributed by atoms with Gasteiger partial charge in [-0.05, 0) is 84.7 Å². The number of hydrogen-bond donors (Lipinski definition) is 3. The van der Waals surface area contributed by atoms with Crippen LogP contribution in [-0.4, -0.2) is 119 Å². The minimum Gasteiger partial charge on any atom is -0.459 e. The molecule has 55 heavy (non-hydrogen) atoms. The number of hydrogen-bond acceptors (Lipinski definition) is 12. The molecule has 13 heteroatoms. The van der Waals surface area contributed by atoms with E-state index in [-0.39, 0.29) is 37.5 Å². The van der Waals surface area contributed by atoms with Crippen LogP contribution in [0, 0.1) is 23.7 Å². The number of aromatic nitrogens is 1. The molecule has 0 unspecified atom stereocenters. The molecule has 2 bridgehead atoms. The van der Waals surface area contributed by atoms with Crippen LogP contribution in [0.15, 0.2) is 42.6 Å². The summed E-state index contributed by atoms with van der Waals surface area (Å²) in [4.78, 5) is 47.8. The van der Waals surface area contributed by atoms with E-state index in [0.29, 0.717) is 6.42 Å². The number of carbonyl (C=O) groups is 3. The number of aliphatic hydroxyl groups is 2. The summed E-state index contributed by atoms with van der Waals surface area (Å²) in [7, 11) is 3.77. The first-order chi connectivity index (χ1) is 25.9. The second-order valence-corrected chi connectivity index (χ2v) is 16.6. The number of cyclic esters (lactones) is 1. The monoisotopic (exact) mass is 767 g/mol. The number of para-hydroxylation sites is 1. The predicted octanol–water partition coefficient (Wildman–Crippen LogP) is 4.90. The first-order valence-electron chi connectivity index (χ1n) is 19.6. The normalized spacial score (nSPS) is 39.4. The zero-order chi connectivity index (χ0) is 40.4. The molecule has 2 aromatic rings. The number of nitrogens with one attached hydrogen (secondary N) is 1. The fourth-order valence-electron chi connectivity index (χ4n) is 8.94. The Balaban J connectivity index is 1.57. The van der Waals surface area contributed by atoms with Crippen LogP contribution in [0.5, 0.6) is 0 Å². The van der Waals surface area contributed by atoms with Crippen LogP contribution in [0.25, 0.3) is 17.0 Å². The minimum absolute atomic E-state index is 0.102. The highest BCUT2D eigenvalue weighted by atomic mass is 16.7. The summed E-state index contributed by atoms with van der Waals surface area (Å²) >= 11 is 0. The topological polar surface area (TPSA) is 166 Å². The van der Waals surface area contributed by atoms with Gasteiger partial charge in [0.15, 0.2) is 12.1 Å². The van der Waals surface area contributed by atoms with Gasteiger partial charge in [-0.3, -0.25) is 14.6 Å². The molecule has 5 rings (SSSR count). The minimum atomic E-state index is -1.76. The van der Waals surface area contributed by atoms with Gasteiger partial charge in [0.05, 0.1) is 29.9 Å². The SMILES string of the molecule is CC[C@@H]1OC(=O)[C@H](C)C(=O)[C@H](C)[C@@H](O[C@@H]2O[C@H](C)C[C@H](N(C)C)[C@H]2O)[C@@](C)(OC/C=C/c2cnc3ccccc3c2)C[C@@H](C)[C@@H]2NC(=O)O[C@H]([C@@H]2C)[C@]1(C)O. The quantitative estimate of drug-likeness (QED) is 0.246. The van der Waals surface area contributed by atoms with Crippen molar-refractivity contribution in [3.8, 4) is 0 Å². The molecule has 1 aromatic heterocycles. The maximum atomic E-state index is 14.4. The maximum absolute atomic E-state index is 14.4. The molecule has 3 fully saturated rings. The summed E-state index contributed by atoms with van der Waals surface area (Å²) in [6, 6.07) is 9.08. The number of amides is 1. The Morgan fingerprint density at radius 2 is 1.78 bits per heavy atom. The van der Waals surface area contributed by atoms with E-state index < -0.39 is 83.5 Å². The largest absolute Gasteiger partial charge is 0.459 e. The molecule has 3 aliphatic heterocycles. The van der Waals surface area contributed by atoms with Crippen molar-refractivity contribution in [2.75, 3.05) is 20.7 Å².